The molecule has 4 nitrogen and oxygen atoms in total. The lowest BCUT2D eigenvalue weighted by atomic mass is 9.76. The maximum Gasteiger partial charge on any atom is 0.316 e. The van der Waals surface area contributed by atoms with E-state index in [4.69, 9.17) is 7.48 Å². The molecule has 0 heterocycles. The molecule has 0 aliphatic carbocycles. The Bertz CT molecular complexity index is 1300. The van der Waals surface area contributed by atoms with E-state index in [1.54, 1.807) is 6.92 Å². The summed E-state index contributed by atoms with van der Waals surface area (Å²) in [6.07, 6.45) is 0.840. The van der Waals surface area contributed by atoms with Gasteiger partial charge in [-0.25, -0.2) is 0 Å². The molecule has 0 spiro atoms. The highest BCUT2D eigenvalue weighted by Gasteiger charge is 2.37. The van der Waals surface area contributed by atoms with Gasteiger partial charge in [0, 0.05) is 29.6 Å². The first-order valence-electron chi connectivity index (χ1n) is 17.0. The zero-order valence-corrected chi connectivity index (χ0v) is 28.4. The van der Waals surface area contributed by atoms with Crippen LogP contribution in [0.5, 0.6) is 5.75 Å². The van der Waals surface area contributed by atoms with Gasteiger partial charge in [-0.3, -0.25) is 9.69 Å². The average Bonchev–Trinajstić information content (AvgIpc) is 2.95. The fraction of sp³-hybridized carbons (Fsp3) is 0.649. The molecule has 2 rings (SSSR count). The molecule has 0 aliphatic rings. The van der Waals surface area contributed by atoms with Crippen LogP contribution in [0.2, 0.25) is 0 Å². The summed E-state index contributed by atoms with van der Waals surface area (Å²) >= 11 is 0. The maximum absolute atomic E-state index is 13.5. The van der Waals surface area contributed by atoms with Gasteiger partial charge in [-0.2, -0.15) is 0 Å². The minimum absolute atomic E-state index is 0.0264. The van der Waals surface area contributed by atoms with Crippen molar-refractivity contribution in [1.29, 1.82) is 0 Å². The molecule has 41 heavy (non-hydrogen) atoms. The molecule has 0 saturated heterocycles. The van der Waals surface area contributed by atoms with E-state index in [0.29, 0.717) is 41.8 Å². The van der Waals surface area contributed by atoms with Gasteiger partial charge in [0.2, 0.25) is 0 Å². The summed E-state index contributed by atoms with van der Waals surface area (Å²) in [5.41, 5.74) is 3.61. The fourth-order valence-corrected chi connectivity index (χ4v) is 5.47. The number of hydrogen-bond donors (Lipinski definition) is 1. The number of benzene rings is 2. The highest BCUT2D eigenvalue weighted by Crippen LogP contribution is 2.43. The first-order valence-corrected chi connectivity index (χ1v) is 15.5. The monoisotopic (exact) mass is 568 g/mol. The smallest absolute Gasteiger partial charge is 0.316 e. The molecular weight excluding hydrogens is 506 g/mol. The zero-order valence-electron chi connectivity index (χ0n) is 31.4. The third-order valence-corrected chi connectivity index (χ3v) is 9.88. The maximum atomic E-state index is 13.5. The van der Waals surface area contributed by atoms with Crippen molar-refractivity contribution in [3.05, 3.63) is 63.6 Å². The number of aliphatic hydroxyl groups excluding tert-OH is 1. The van der Waals surface area contributed by atoms with Gasteiger partial charge in [-0.05, 0) is 127 Å². The number of nitrogens with zero attached hydrogens (tertiary/aromatic N) is 1. The van der Waals surface area contributed by atoms with Crippen molar-refractivity contribution < 1.29 is 18.8 Å². The Morgan fingerprint density at radius 3 is 2.07 bits per heavy atom. The van der Waals surface area contributed by atoms with Gasteiger partial charge in [0.05, 0.1) is 15.6 Å². The number of rotatable bonds is 13. The van der Waals surface area contributed by atoms with E-state index in [9.17, 15) is 11.3 Å². The van der Waals surface area contributed by atoms with Crippen LogP contribution in [0.3, 0.4) is 0 Å². The second kappa shape index (κ2) is 13.9. The van der Waals surface area contributed by atoms with Crippen LogP contribution in [0.4, 0.5) is 0 Å². The Morgan fingerprint density at radius 1 is 0.951 bits per heavy atom. The van der Waals surface area contributed by atoms with Crippen LogP contribution in [0.15, 0.2) is 30.3 Å². The minimum Gasteiger partial charge on any atom is -0.426 e. The highest BCUT2D eigenvalue weighted by atomic mass is 16.5. The lowest BCUT2D eigenvalue weighted by Gasteiger charge is -2.47. The third kappa shape index (κ3) is 7.82. The van der Waals surface area contributed by atoms with E-state index >= 15 is 0 Å². The Morgan fingerprint density at radius 2 is 1.56 bits per heavy atom. The predicted molar refractivity (Wildman–Crippen MR) is 174 cm³/mol. The molecule has 3 unspecified atom stereocenters. The molecule has 2 aromatic carbocycles. The quantitative estimate of drug-likeness (QED) is 0.193. The van der Waals surface area contributed by atoms with Crippen LogP contribution in [-0.2, 0) is 4.79 Å². The molecule has 1 N–H and O–H groups in total. The zero-order chi connectivity index (χ0) is 34.1. The largest absolute Gasteiger partial charge is 0.426 e. The SMILES string of the molecule is [2H]c1c([2H])c(C)c(C)c([C@H](c2cc(C(C)O)c(C)cc2OC(=O)C(C)(C)CC)C(C)CN(C(C)CC)C(C)(C)C(C)C)c1[2H]. The number of ether oxygens (including phenoxy) is 1. The Hall–Kier alpha value is -2.17. The summed E-state index contributed by atoms with van der Waals surface area (Å²) in [6.45, 7) is 29.5. The minimum atomic E-state index is -0.751. The average molecular weight is 569 g/mol. The highest BCUT2D eigenvalue weighted by molar-refractivity contribution is 5.79. The number of carbonyl (C=O) groups excluding carboxylic acids is 1. The van der Waals surface area contributed by atoms with Crippen molar-refractivity contribution in [2.24, 2.45) is 17.3 Å². The number of aryl methyl sites for hydroxylation is 1. The number of esters is 1. The van der Waals surface area contributed by atoms with Crippen molar-refractivity contribution in [3.8, 4) is 5.75 Å². The Balaban J connectivity index is 3.04. The van der Waals surface area contributed by atoms with Gasteiger partial charge in [0.25, 0.3) is 0 Å². The van der Waals surface area contributed by atoms with E-state index in [1.165, 1.54) is 0 Å². The summed E-state index contributed by atoms with van der Waals surface area (Å²) in [7, 11) is 0. The normalized spacial score (nSPS) is 16.7. The standard InChI is InChI=1S/C37H59NO3/c1-15-27(8)38(37(13,14)23(3)4)22-26(7)34(30-19-17-18-24(5)28(30)9)32-21-31(29(10)39)25(6)20-33(32)41-35(40)36(11,12)16-2/h17-21,23,26-27,29,34,39H,15-16,22H2,1-14H3/t26?,27?,29?,34-/m1/s1/i17D,18D,19D. The second-order valence-electron chi connectivity index (χ2n) is 13.8. The van der Waals surface area contributed by atoms with Gasteiger partial charge in [-0.15, -0.1) is 0 Å². The number of hydrogen-bond acceptors (Lipinski definition) is 4. The Labute approximate surface area is 256 Å². The third-order valence-electron chi connectivity index (χ3n) is 9.88. The Kier molecular flexibility index (Phi) is 10.2. The molecule has 4 heteroatoms. The van der Waals surface area contributed by atoms with Crippen LogP contribution in [0, 0.1) is 38.0 Å². The van der Waals surface area contributed by atoms with Crippen LogP contribution in [0.1, 0.15) is 139 Å². The summed E-state index contributed by atoms with van der Waals surface area (Å²) < 4.78 is 32.7. The predicted octanol–water partition coefficient (Wildman–Crippen LogP) is 9.31. The van der Waals surface area contributed by atoms with Crippen LogP contribution < -0.4 is 4.74 Å². The lowest BCUT2D eigenvalue weighted by Crippen LogP contribution is -2.54. The van der Waals surface area contributed by atoms with Gasteiger partial charge < -0.3 is 9.84 Å². The van der Waals surface area contributed by atoms with Crippen LogP contribution in [0.25, 0.3) is 0 Å². The molecule has 0 fully saturated rings. The van der Waals surface area contributed by atoms with Gasteiger partial charge in [-0.1, -0.05) is 52.7 Å². The molecule has 0 saturated carbocycles. The fourth-order valence-electron chi connectivity index (χ4n) is 5.47. The number of aliphatic hydroxyl groups is 1. The van der Waals surface area contributed by atoms with Gasteiger partial charge in [0.15, 0.2) is 0 Å². The molecule has 0 amide bonds. The van der Waals surface area contributed by atoms with E-state index in [-0.39, 0.29) is 35.6 Å². The molecule has 4 atom stereocenters. The molecule has 0 aromatic heterocycles. The molecule has 0 radical (unpaired) electrons. The molecule has 230 valence electrons. The number of carbonyl (C=O) groups is 1. The van der Waals surface area contributed by atoms with Crippen LogP contribution in [-0.4, -0.2) is 34.1 Å². The van der Waals surface area contributed by atoms with Crippen molar-refractivity contribution in [1.82, 2.24) is 4.90 Å². The van der Waals surface area contributed by atoms with E-state index in [0.717, 1.165) is 28.7 Å². The van der Waals surface area contributed by atoms with Crippen LogP contribution >= 0.6 is 0 Å². The molecular formula is C37H59NO3. The topological polar surface area (TPSA) is 49.8 Å². The van der Waals surface area contributed by atoms with Crippen molar-refractivity contribution in [2.45, 2.75) is 133 Å². The summed E-state index contributed by atoms with van der Waals surface area (Å²) in [6, 6.07) is 4.07. The molecule has 0 aliphatic heterocycles. The molecule has 2 aromatic rings. The van der Waals surface area contributed by atoms with Crippen molar-refractivity contribution in [3.63, 3.8) is 0 Å². The first-order chi connectivity index (χ1) is 20.1. The van der Waals surface area contributed by atoms with Crippen molar-refractivity contribution >= 4 is 5.97 Å². The van der Waals surface area contributed by atoms with E-state index < -0.39 is 17.4 Å². The second-order valence-corrected chi connectivity index (χ2v) is 13.8. The van der Waals surface area contributed by atoms with E-state index in [2.05, 4.69) is 53.4 Å². The summed E-state index contributed by atoms with van der Waals surface area (Å²) in [4.78, 5) is 16.1. The molecule has 0 bridgehead atoms. The summed E-state index contributed by atoms with van der Waals surface area (Å²) in [5.74, 6) is -0.0473. The van der Waals surface area contributed by atoms with Crippen molar-refractivity contribution in [2.75, 3.05) is 6.54 Å². The summed E-state index contributed by atoms with van der Waals surface area (Å²) in [5, 5.41) is 10.8. The van der Waals surface area contributed by atoms with Gasteiger partial charge >= 0.3 is 5.97 Å². The van der Waals surface area contributed by atoms with Gasteiger partial charge in [0.1, 0.15) is 5.75 Å². The van der Waals surface area contributed by atoms with E-state index in [1.807, 2.05) is 53.7 Å². The lowest BCUT2D eigenvalue weighted by molar-refractivity contribution is -0.144. The first kappa shape index (κ1) is 30.3.